The molecule has 0 aliphatic heterocycles. The summed E-state index contributed by atoms with van der Waals surface area (Å²) in [4.78, 5) is 0. The molecule has 0 atom stereocenters. The third-order valence-corrected chi connectivity index (χ3v) is 3.24. The first-order valence-corrected chi connectivity index (χ1v) is 4.74. The first-order valence-electron chi connectivity index (χ1n) is 4.74. The quantitative estimate of drug-likeness (QED) is 0.741. The summed E-state index contributed by atoms with van der Waals surface area (Å²) in [6.07, 6.45) is 6.42. The molecule has 0 bridgehead atoms. The minimum atomic E-state index is -0.129. The zero-order chi connectivity index (χ0) is 9.69. The molecule has 0 aromatic carbocycles. The van der Waals surface area contributed by atoms with E-state index in [0.29, 0.717) is 0 Å². The molecule has 0 spiro atoms. The molecule has 3 nitrogen and oxygen atoms in total. The van der Waals surface area contributed by atoms with E-state index in [1.807, 2.05) is 17.9 Å². The van der Waals surface area contributed by atoms with Crippen LogP contribution >= 0.6 is 0 Å². The molecule has 1 aliphatic carbocycles. The van der Waals surface area contributed by atoms with Crippen LogP contribution in [-0.2, 0) is 12.5 Å². The zero-order valence-electron chi connectivity index (χ0n) is 8.54. The van der Waals surface area contributed by atoms with Crippen LogP contribution in [-0.4, -0.2) is 15.3 Å². The van der Waals surface area contributed by atoms with Gasteiger partial charge >= 0.3 is 0 Å². The van der Waals surface area contributed by atoms with E-state index in [0.717, 1.165) is 0 Å². The summed E-state index contributed by atoms with van der Waals surface area (Å²) in [6, 6.07) is 0. The molecule has 0 radical (unpaired) electrons. The fourth-order valence-electron chi connectivity index (χ4n) is 2.10. The van der Waals surface area contributed by atoms with Gasteiger partial charge in [-0.05, 0) is 32.3 Å². The van der Waals surface area contributed by atoms with Crippen molar-refractivity contribution in [1.82, 2.24) is 9.78 Å². The van der Waals surface area contributed by atoms with Gasteiger partial charge in [-0.3, -0.25) is 4.68 Å². The van der Waals surface area contributed by atoms with Crippen LogP contribution in [0.25, 0.3) is 0 Å². The largest absolute Gasteiger partial charge is 0.325 e. The Balaban J connectivity index is 2.36. The molecule has 1 saturated carbocycles. The number of aromatic nitrogens is 2. The number of nitrogens with zero attached hydrogens (tertiary/aromatic N) is 2. The zero-order valence-corrected chi connectivity index (χ0v) is 8.54. The molecular weight excluding hydrogens is 162 g/mol. The Morgan fingerprint density at radius 2 is 2.15 bits per heavy atom. The molecule has 1 aliphatic rings. The fraction of sp³-hybridized carbons (Fsp3) is 0.700. The molecule has 0 unspecified atom stereocenters. The standard InChI is InChI=1S/C10H17N3/c1-9(2,11)10(4-5-10)8-6-12-13(3)7-8/h6-7H,4-5,11H2,1-3H3. The fourth-order valence-corrected chi connectivity index (χ4v) is 2.10. The van der Waals surface area contributed by atoms with Gasteiger partial charge in [-0.1, -0.05) is 0 Å². The van der Waals surface area contributed by atoms with Crippen molar-refractivity contribution in [3.05, 3.63) is 18.0 Å². The lowest BCUT2D eigenvalue weighted by molar-refractivity contribution is 0.391. The first kappa shape index (κ1) is 8.75. The second-order valence-electron chi connectivity index (χ2n) is 4.71. The van der Waals surface area contributed by atoms with Crippen LogP contribution in [0.4, 0.5) is 0 Å². The molecular formula is C10H17N3. The summed E-state index contributed by atoms with van der Waals surface area (Å²) in [5, 5.41) is 4.20. The summed E-state index contributed by atoms with van der Waals surface area (Å²) in [5.41, 5.74) is 7.54. The Kier molecular flexibility index (Phi) is 1.58. The molecule has 1 fully saturated rings. The third kappa shape index (κ3) is 1.18. The number of hydrogen-bond donors (Lipinski definition) is 1. The lowest BCUT2D eigenvalue weighted by Crippen LogP contribution is -2.45. The SMILES string of the molecule is Cn1cc(C2(C(C)(C)N)CC2)cn1. The van der Waals surface area contributed by atoms with E-state index in [4.69, 9.17) is 5.73 Å². The van der Waals surface area contributed by atoms with E-state index < -0.39 is 0 Å². The third-order valence-electron chi connectivity index (χ3n) is 3.24. The number of rotatable bonds is 2. The van der Waals surface area contributed by atoms with E-state index in [9.17, 15) is 0 Å². The van der Waals surface area contributed by atoms with Crippen molar-refractivity contribution in [1.29, 1.82) is 0 Å². The number of nitrogens with two attached hydrogens (primary N) is 1. The number of hydrogen-bond acceptors (Lipinski definition) is 2. The Bertz CT molecular complexity index is 315. The van der Waals surface area contributed by atoms with Gasteiger partial charge < -0.3 is 5.73 Å². The van der Waals surface area contributed by atoms with Crippen molar-refractivity contribution in [2.24, 2.45) is 12.8 Å². The van der Waals surface area contributed by atoms with E-state index in [2.05, 4.69) is 25.1 Å². The maximum Gasteiger partial charge on any atom is 0.0528 e. The van der Waals surface area contributed by atoms with E-state index >= 15 is 0 Å². The second kappa shape index (κ2) is 2.35. The highest BCUT2D eigenvalue weighted by atomic mass is 15.2. The molecule has 13 heavy (non-hydrogen) atoms. The van der Waals surface area contributed by atoms with Gasteiger partial charge in [0.1, 0.15) is 0 Å². The lowest BCUT2D eigenvalue weighted by atomic mass is 9.81. The van der Waals surface area contributed by atoms with Crippen molar-refractivity contribution < 1.29 is 0 Å². The predicted molar refractivity (Wildman–Crippen MR) is 52.4 cm³/mol. The van der Waals surface area contributed by atoms with Crippen molar-refractivity contribution >= 4 is 0 Å². The lowest BCUT2D eigenvalue weighted by Gasteiger charge is -2.29. The topological polar surface area (TPSA) is 43.8 Å². The smallest absolute Gasteiger partial charge is 0.0528 e. The maximum atomic E-state index is 6.18. The number of aryl methyl sites for hydroxylation is 1. The van der Waals surface area contributed by atoms with E-state index in [1.165, 1.54) is 18.4 Å². The van der Waals surface area contributed by atoms with Gasteiger partial charge in [-0.25, -0.2) is 0 Å². The van der Waals surface area contributed by atoms with Gasteiger partial charge in [0.25, 0.3) is 0 Å². The molecule has 3 heteroatoms. The van der Waals surface area contributed by atoms with Gasteiger partial charge in [0.2, 0.25) is 0 Å². The summed E-state index contributed by atoms with van der Waals surface area (Å²) >= 11 is 0. The first-order chi connectivity index (χ1) is 5.96. The van der Waals surface area contributed by atoms with Gasteiger partial charge in [-0.2, -0.15) is 5.10 Å². The molecule has 1 aromatic rings. The van der Waals surface area contributed by atoms with E-state index in [1.54, 1.807) is 0 Å². The monoisotopic (exact) mass is 179 g/mol. The summed E-state index contributed by atoms with van der Waals surface area (Å²) in [7, 11) is 1.95. The average Bonchev–Trinajstić information content (AvgIpc) is 2.70. The van der Waals surface area contributed by atoms with Gasteiger partial charge in [0.15, 0.2) is 0 Å². The van der Waals surface area contributed by atoms with Crippen LogP contribution in [0.3, 0.4) is 0 Å². The Hall–Kier alpha value is -0.830. The van der Waals surface area contributed by atoms with Crippen LogP contribution in [0.5, 0.6) is 0 Å². The van der Waals surface area contributed by atoms with Crippen molar-refractivity contribution in [2.75, 3.05) is 0 Å². The van der Waals surface area contributed by atoms with E-state index in [-0.39, 0.29) is 11.0 Å². The molecule has 2 rings (SSSR count). The Labute approximate surface area is 78.9 Å². The highest BCUT2D eigenvalue weighted by Crippen LogP contribution is 2.54. The normalized spacial score (nSPS) is 20.3. The van der Waals surface area contributed by atoms with Crippen LogP contribution in [0, 0.1) is 0 Å². The van der Waals surface area contributed by atoms with Gasteiger partial charge in [-0.15, -0.1) is 0 Å². The summed E-state index contributed by atoms with van der Waals surface area (Å²) in [5.74, 6) is 0. The van der Waals surface area contributed by atoms with Crippen LogP contribution in [0.15, 0.2) is 12.4 Å². The molecule has 72 valence electrons. The van der Waals surface area contributed by atoms with Gasteiger partial charge in [0.05, 0.1) is 6.20 Å². The molecule has 2 N–H and O–H groups in total. The highest BCUT2D eigenvalue weighted by molar-refractivity contribution is 5.32. The highest BCUT2D eigenvalue weighted by Gasteiger charge is 2.54. The Morgan fingerprint density at radius 1 is 1.54 bits per heavy atom. The van der Waals surface area contributed by atoms with Crippen molar-refractivity contribution in [2.45, 2.75) is 37.6 Å². The summed E-state index contributed by atoms with van der Waals surface area (Å²) < 4.78 is 1.85. The predicted octanol–water partition coefficient (Wildman–Crippen LogP) is 1.19. The Morgan fingerprint density at radius 3 is 2.46 bits per heavy atom. The van der Waals surface area contributed by atoms with Crippen LogP contribution in [0.1, 0.15) is 32.3 Å². The van der Waals surface area contributed by atoms with Crippen molar-refractivity contribution in [3.63, 3.8) is 0 Å². The minimum Gasteiger partial charge on any atom is -0.325 e. The molecule has 0 amide bonds. The van der Waals surface area contributed by atoms with Crippen LogP contribution in [0.2, 0.25) is 0 Å². The average molecular weight is 179 g/mol. The van der Waals surface area contributed by atoms with Gasteiger partial charge in [0, 0.05) is 24.2 Å². The summed E-state index contributed by atoms with van der Waals surface area (Å²) in [6.45, 7) is 4.21. The minimum absolute atomic E-state index is 0.129. The molecule has 1 aromatic heterocycles. The maximum absolute atomic E-state index is 6.18. The molecule has 0 saturated heterocycles. The second-order valence-corrected chi connectivity index (χ2v) is 4.71. The van der Waals surface area contributed by atoms with Crippen molar-refractivity contribution in [3.8, 4) is 0 Å². The molecule has 1 heterocycles. The van der Waals surface area contributed by atoms with Crippen LogP contribution < -0.4 is 5.73 Å².